The topological polar surface area (TPSA) is 76.5 Å². The SMILES string of the molecule is Cc1ccc2nc(C(=O)N3CCC(c4nc(C)no4)C3)cn2c1. The molecule has 0 aromatic carbocycles. The van der Waals surface area contributed by atoms with Gasteiger partial charge in [-0.3, -0.25) is 4.79 Å². The molecule has 3 aromatic rings. The normalized spacial score (nSPS) is 18.0. The zero-order valence-electron chi connectivity index (χ0n) is 13.1. The lowest BCUT2D eigenvalue weighted by Gasteiger charge is -2.13. The van der Waals surface area contributed by atoms with Crippen molar-refractivity contribution < 1.29 is 9.32 Å². The molecule has 1 saturated heterocycles. The van der Waals surface area contributed by atoms with Gasteiger partial charge in [0.15, 0.2) is 5.82 Å². The first-order chi connectivity index (χ1) is 11.1. The van der Waals surface area contributed by atoms with Crippen LogP contribution in [0.2, 0.25) is 0 Å². The van der Waals surface area contributed by atoms with E-state index in [9.17, 15) is 4.79 Å². The fourth-order valence-electron chi connectivity index (χ4n) is 2.99. The van der Waals surface area contributed by atoms with Crippen LogP contribution in [0.5, 0.6) is 0 Å². The largest absolute Gasteiger partial charge is 0.339 e. The van der Waals surface area contributed by atoms with Crippen molar-refractivity contribution in [2.75, 3.05) is 13.1 Å². The number of nitrogens with zero attached hydrogens (tertiary/aromatic N) is 5. The van der Waals surface area contributed by atoms with Crippen LogP contribution < -0.4 is 0 Å². The van der Waals surface area contributed by atoms with Gasteiger partial charge in [-0.1, -0.05) is 11.2 Å². The summed E-state index contributed by atoms with van der Waals surface area (Å²) in [5, 5.41) is 3.82. The lowest BCUT2D eigenvalue weighted by Crippen LogP contribution is -2.28. The minimum atomic E-state index is -0.0508. The Morgan fingerprint density at radius 1 is 1.26 bits per heavy atom. The van der Waals surface area contributed by atoms with E-state index >= 15 is 0 Å². The number of hydrogen-bond donors (Lipinski definition) is 0. The summed E-state index contributed by atoms with van der Waals surface area (Å²) in [4.78, 5) is 23.2. The van der Waals surface area contributed by atoms with E-state index in [2.05, 4.69) is 15.1 Å². The van der Waals surface area contributed by atoms with Crippen LogP contribution in [0, 0.1) is 13.8 Å². The van der Waals surface area contributed by atoms with E-state index in [1.165, 1.54) is 0 Å². The number of likely N-dealkylation sites (tertiary alicyclic amines) is 1. The molecule has 118 valence electrons. The summed E-state index contributed by atoms with van der Waals surface area (Å²) < 4.78 is 7.11. The first kappa shape index (κ1) is 13.9. The molecule has 0 bridgehead atoms. The predicted octanol–water partition coefficient (Wildman–Crippen LogP) is 1.96. The monoisotopic (exact) mass is 311 g/mol. The van der Waals surface area contributed by atoms with Gasteiger partial charge >= 0.3 is 0 Å². The highest BCUT2D eigenvalue weighted by Gasteiger charge is 2.32. The Balaban J connectivity index is 1.54. The van der Waals surface area contributed by atoms with Gasteiger partial charge in [-0.2, -0.15) is 4.98 Å². The summed E-state index contributed by atoms with van der Waals surface area (Å²) in [5.41, 5.74) is 2.38. The van der Waals surface area contributed by atoms with Crippen molar-refractivity contribution in [3.05, 3.63) is 47.5 Å². The molecule has 1 fully saturated rings. The highest BCUT2D eigenvalue weighted by molar-refractivity contribution is 5.93. The van der Waals surface area contributed by atoms with E-state index in [1.54, 1.807) is 18.0 Å². The summed E-state index contributed by atoms with van der Waals surface area (Å²) in [6.07, 6.45) is 4.59. The quantitative estimate of drug-likeness (QED) is 0.723. The number of aromatic nitrogens is 4. The second kappa shape index (κ2) is 5.19. The number of fused-ring (bicyclic) bond motifs is 1. The third kappa shape index (κ3) is 2.48. The molecule has 4 heterocycles. The van der Waals surface area contributed by atoms with E-state index in [4.69, 9.17) is 4.52 Å². The van der Waals surface area contributed by atoms with Crippen molar-refractivity contribution in [2.24, 2.45) is 0 Å². The molecule has 0 aliphatic carbocycles. The fourth-order valence-corrected chi connectivity index (χ4v) is 2.99. The molecular weight excluding hydrogens is 294 g/mol. The fraction of sp³-hybridized carbons (Fsp3) is 0.375. The molecule has 1 unspecified atom stereocenters. The Labute approximate surface area is 132 Å². The average molecular weight is 311 g/mol. The molecule has 7 heteroatoms. The van der Waals surface area contributed by atoms with Crippen LogP contribution in [0.25, 0.3) is 5.65 Å². The van der Waals surface area contributed by atoms with E-state index in [1.807, 2.05) is 29.7 Å². The first-order valence-electron chi connectivity index (χ1n) is 7.65. The predicted molar refractivity (Wildman–Crippen MR) is 82.2 cm³/mol. The Morgan fingerprint density at radius 3 is 2.91 bits per heavy atom. The molecule has 3 aromatic heterocycles. The maximum atomic E-state index is 12.7. The Bertz CT molecular complexity index is 882. The van der Waals surface area contributed by atoms with Crippen LogP contribution >= 0.6 is 0 Å². The molecule has 7 nitrogen and oxygen atoms in total. The Hall–Kier alpha value is -2.70. The smallest absolute Gasteiger partial charge is 0.274 e. The highest BCUT2D eigenvalue weighted by atomic mass is 16.5. The van der Waals surface area contributed by atoms with Crippen LogP contribution in [0.3, 0.4) is 0 Å². The van der Waals surface area contributed by atoms with Crippen molar-refractivity contribution in [1.82, 2.24) is 24.4 Å². The second-order valence-corrected chi connectivity index (χ2v) is 6.01. The summed E-state index contributed by atoms with van der Waals surface area (Å²) in [6.45, 7) is 5.08. The average Bonchev–Trinajstić information content (AvgIpc) is 3.23. The summed E-state index contributed by atoms with van der Waals surface area (Å²) >= 11 is 0. The van der Waals surface area contributed by atoms with Gasteiger partial charge < -0.3 is 13.8 Å². The van der Waals surface area contributed by atoms with Crippen LogP contribution in [-0.2, 0) is 0 Å². The summed E-state index contributed by atoms with van der Waals surface area (Å²) in [7, 11) is 0. The number of carbonyl (C=O) groups is 1. The third-order valence-corrected chi connectivity index (χ3v) is 4.19. The lowest BCUT2D eigenvalue weighted by atomic mass is 10.1. The molecule has 1 aliphatic rings. The maximum absolute atomic E-state index is 12.7. The van der Waals surface area contributed by atoms with Crippen molar-refractivity contribution in [3.63, 3.8) is 0 Å². The lowest BCUT2D eigenvalue weighted by molar-refractivity contribution is 0.0784. The number of amides is 1. The molecule has 23 heavy (non-hydrogen) atoms. The van der Waals surface area contributed by atoms with Gasteiger partial charge in [-0.15, -0.1) is 0 Å². The van der Waals surface area contributed by atoms with Gasteiger partial charge in [0, 0.05) is 25.5 Å². The van der Waals surface area contributed by atoms with E-state index in [0.717, 1.165) is 17.6 Å². The number of hydrogen-bond acceptors (Lipinski definition) is 5. The van der Waals surface area contributed by atoms with Crippen molar-refractivity contribution in [1.29, 1.82) is 0 Å². The van der Waals surface area contributed by atoms with Crippen LogP contribution in [0.4, 0.5) is 0 Å². The van der Waals surface area contributed by atoms with Gasteiger partial charge in [-0.05, 0) is 31.9 Å². The number of aryl methyl sites for hydroxylation is 2. The molecule has 1 atom stereocenters. The number of pyridine rings is 1. The molecule has 4 rings (SSSR count). The molecule has 0 spiro atoms. The van der Waals surface area contributed by atoms with Crippen molar-refractivity contribution >= 4 is 11.6 Å². The summed E-state index contributed by atoms with van der Waals surface area (Å²) in [5.74, 6) is 1.30. The highest BCUT2D eigenvalue weighted by Crippen LogP contribution is 2.27. The van der Waals surface area contributed by atoms with Gasteiger partial charge in [0.05, 0.1) is 5.92 Å². The van der Waals surface area contributed by atoms with Crippen molar-refractivity contribution in [2.45, 2.75) is 26.2 Å². The number of rotatable bonds is 2. The van der Waals surface area contributed by atoms with E-state index < -0.39 is 0 Å². The standard InChI is InChI=1S/C16H17N5O2/c1-10-3-4-14-18-13(9-21(14)7-10)16(22)20-6-5-12(8-20)15-17-11(2)19-23-15/h3-4,7,9,12H,5-6,8H2,1-2H3. The van der Waals surface area contributed by atoms with Gasteiger partial charge in [0.25, 0.3) is 5.91 Å². The van der Waals surface area contributed by atoms with Crippen LogP contribution in [-0.4, -0.2) is 43.4 Å². The van der Waals surface area contributed by atoms with Crippen LogP contribution in [0.1, 0.15) is 40.1 Å². The molecule has 0 saturated carbocycles. The number of imidazole rings is 1. The molecule has 1 aliphatic heterocycles. The molecular formula is C16H17N5O2. The minimum absolute atomic E-state index is 0.0508. The van der Waals surface area contributed by atoms with Gasteiger partial charge in [-0.25, -0.2) is 4.98 Å². The zero-order chi connectivity index (χ0) is 16.0. The molecule has 0 N–H and O–H groups in total. The van der Waals surface area contributed by atoms with E-state index in [-0.39, 0.29) is 11.8 Å². The zero-order valence-corrected chi connectivity index (χ0v) is 13.1. The minimum Gasteiger partial charge on any atom is -0.339 e. The number of carbonyl (C=O) groups excluding carboxylic acids is 1. The van der Waals surface area contributed by atoms with Gasteiger partial charge in [0.1, 0.15) is 11.3 Å². The molecule has 1 amide bonds. The Morgan fingerprint density at radius 2 is 2.13 bits per heavy atom. The van der Waals surface area contributed by atoms with Crippen molar-refractivity contribution in [3.8, 4) is 0 Å². The maximum Gasteiger partial charge on any atom is 0.274 e. The van der Waals surface area contributed by atoms with Gasteiger partial charge in [0.2, 0.25) is 5.89 Å². The Kier molecular flexibility index (Phi) is 3.14. The van der Waals surface area contributed by atoms with Crippen LogP contribution in [0.15, 0.2) is 29.0 Å². The second-order valence-electron chi connectivity index (χ2n) is 6.01. The first-order valence-corrected chi connectivity index (χ1v) is 7.65. The van der Waals surface area contributed by atoms with E-state index in [0.29, 0.717) is 30.5 Å². The third-order valence-electron chi connectivity index (χ3n) is 4.19. The molecule has 0 radical (unpaired) electrons. The summed E-state index contributed by atoms with van der Waals surface area (Å²) in [6, 6.07) is 3.90.